The number of nitrogens with zero attached hydrogens (tertiary/aromatic N) is 5. The summed E-state index contributed by atoms with van der Waals surface area (Å²) in [6, 6.07) is 63.7. The molecule has 0 unspecified atom stereocenters. The molecule has 0 saturated carbocycles. The van der Waals surface area contributed by atoms with Crippen LogP contribution in [-0.4, -0.2) is 13.7 Å². The van der Waals surface area contributed by atoms with Crippen molar-refractivity contribution in [3.8, 4) is 34.3 Å². The van der Waals surface area contributed by atoms with Crippen molar-refractivity contribution in [3.63, 3.8) is 0 Å². The van der Waals surface area contributed by atoms with Crippen molar-refractivity contribution in [1.82, 2.24) is 13.7 Å². The number of para-hydroxylation sites is 5. The predicted octanol–water partition coefficient (Wildman–Crippen LogP) is 13.1. The molecule has 0 aliphatic carbocycles. The third kappa shape index (κ3) is 4.45. The van der Waals surface area contributed by atoms with Gasteiger partial charge in [-0.3, -0.25) is 0 Å². The fraction of sp³-hybridized carbons (Fsp3) is 0. The number of hydrogen-bond acceptors (Lipinski definition) is 1. The second kappa shape index (κ2) is 11.8. The van der Waals surface area contributed by atoms with E-state index in [0.717, 1.165) is 77.4 Å². The molecule has 0 bridgehead atoms. The molecule has 5 nitrogen and oxygen atoms in total. The second-order valence-electron chi connectivity index (χ2n) is 13.9. The molecule has 0 aliphatic rings. The van der Waals surface area contributed by atoms with E-state index < -0.39 is 0 Å². The van der Waals surface area contributed by atoms with Gasteiger partial charge in [0.2, 0.25) is 0 Å². The molecule has 8 aromatic carbocycles. The number of nitriles is 1. The van der Waals surface area contributed by atoms with E-state index in [9.17, 15) is 5.26 Å². The van der Waals surface area contributed by atoms with Crippen LogP contribution in [0.4, 0.5) is 5.69 Å². The molecule has 11 rings (SSSR count). The van der Waals surface area contributed by atoms with Gasteiger partial charge in [-0.05, 0) is 83.2 Å². The number of fused-ring (bicyclic) bond motifs is 9. The lowest BCUT2D eigenvalue weighted by Gasteiger charge is -2.15. The van der Waals surface area contributed by atoms with Crippen LogP contribution in [0.3, 0.4) is 0 Å². The van der Waals surface area contributed by atoms with E-state index in [1.807, 2.05) is 18.2 Å². The Balaban J connectivity index is 1.08. The summed E-state index contributed by atoms with van der Waals surface area (Å²) in [5.41, 5.74) is 12.8. The maximum Gasteiger partial charge on any atom is 0.188 e. The molecule has 0 aliphatic heterocycles. The Kier molecular flexibility index (Phi) is 6.61. The van der Waals surface area contributed by atoms with Crippen LogP contribution in [0.15, 0.2) is 176 Å². The summed E-state index contributed by atoms with van der Waals surface area (Å²) in [6.07, 6.45) is 0. The molecule has 0 saturated heterocycles. The highest BCUT2D eigenvalue weighted by atomic mass is 15.1. The molecule has 0 spiro atoms. The zero-order valence-corrected chi connectivity index (χ0v) is 29.5. The van der Waals surface area contributed by atoms with Gasteiger partial charge in [-0.1, -0.05) is 109 Å². The zero-order valence-electron chi connectivity index (χ0n) is 29.5. The van der Waals surface area contributed by atoms with Crippen molar-refractivity contribution >= 4 is 71.1 Å². The highest BCUT2D eigenvalue weighted by Crippen LogP contribution is 2.41. The second-order valence-corrected chi connectivity index (χ2v) is 13.9. The molecule has 0 N–H and O–H groups in total. The lowest BCUT2D eigenvalue weighted by atomic mass is 9.99. The maximum absolute atomic E-state index is 10.5. The van der Waals surface area contributed by atoms with E-state index in [0.29, 0.717) is 11.3 Å². The van der Waals surface area contributed by atoms with Crippen LogP contribution in [0.25, 0.3) is 98.5 Å². The lowest BCUT2D eigenvalue weighted by Crippen LogP contribution is -2.00. The Morgan fingerprint density at radius 3 is 1.60 bits per heavy atom. The van der Waals surface area contributed by atoms with Crippen molar-refractivity contribution < 1.29 is 0 Å². The summed E-state index contributed by atoms with van der Waals surface area (Å²) in [5.74, 6) is 0. The van der Waals surface area contributed by atoms with Gasteiger partial charge in [0.05, 0.1) is 57.0 Å². The summed E-state index contributed by atoms with van der Waals surface area (Å²) >= 11 is 0. The quantitative estimate of drug-likeness (QED) is 0.169. The van der Waals surface area contributed by atoms with Crippen LogP contribution >= 0.6 is 0 Å². The largest absolute Gasteiger partial charge is 0.309 e. The number of rotatable bonds is 4. The van der Waals surface area contributed by atoms with E-state index in [-0.39, 0.29) is 0 Å². The molecular weight excluding hydrogens is 671 g/mol. The lowest BCUT2D eigenvalue weighted by molar-refractivity contribution is 1.13. The Bertz CT molecular complexity index is 3400. The summed E-state index contributed by atoms with van der Waals surface area (Å²) in [5, 5.41) is 17.4. The molecule has 3 heterocycles. The smallest absolute Gasteiger partial charge is 0.188 e. The number of hydrogen-bond donors (Lipinski definition) is 0. The molecule has 11 aromatic rings. The van der Waals surface area contributed by atoms with E-state index in [1.165, 1.54) is 16.2 Å². The summed E-state index contributed by atoms with van der Waals surface area (Å²) < 4.78 is 6.94. The standard InChI is InChI=1S/C50H29N5/c1-52-34-23-28-48-43(30-34)41-14-5-9-19-47(41)55(48)49-20-10-15-42-40-13-4-8-18-46(40)54(50(42)49)35-24-21-32(22-25-35)37-27-26-36(29-33(37)31-51)53-44-16-6-2-11-38(44)39-12-3-7-17-45(39)53/h2-30H. The molecule has 0 radical (unpaired) electrons. The van der Waals surface area contributed by atoms with Crippen LogP contribution in [-0.2, 0) is 0 Å². The fourth-order valence-electron chi connectivity index (χ4n) is 8.75. The Morgan fingerprint density at radius 1 is 0.436 bits per heavy atom. The van der Waals surface area contributed by atoms with Gasteiger partial charge in [-0.25, -0.2) is 4.85 Å². The molecule has 5 heteroatoms. The Labute approximate surface area is 316 Å². The Morgan fingerprint density at radius 2 is 0.964 bits per heavy atom. The molecule has 55 heavy (non-hydrogen) atoms. The first-order chi connectivity index (χ1) is 27.2. The monoisotopic (exact) mass is 699 g/mol. The molecule has 0 amide bonds. The van der Waals surface area contributed by atoms with Gasteiger partial charge in [0, 0.05) is 38.3 Å². The molecule has 254 valence electrons. The topological polar surface area (TPSA) is 42.9 Å². The summed E-state index contributed by atoms with van der Waals surface area (Å²) in [7, 11) is 0. The highest BCUT2D eigenvalue weighted by Gasteiger charge is 2.20. The van der Waals surface area contributed by atoms with Crippen LogP contribution in [0.1, 0.15) is 5.56 Å². The van der Waals surface area contributed by atoms with E-state index in [2.05, 4.69) is 182 Å². The number of benzene rings is 8. The van der Waals surface area contributed by atoms with Crippen LogP contribution < -0.4 is 0 Å². The minimum Gasteiger partial charge on any atom is -0.309 e. The zero-order chi connectivity index (χ0) is 36.6. The summed E-state index contributed by atoms with van der Waals surface area (Å²) in [4.78, 5) is 3.74. The first-order valence-electron chi connectivity index (χ1n) is 18.3. The van der Waals surface area contributed by atoms with Gasteiger partial charge in [-0.2, -0.15) is 5.26 Å². The van der Waals surface area contributed by atoms with Crippen molar-refractivity contribution in [2.45, 2.75) is 0 Å². The van der Waals surface area contributed by atoms with Crippen molar-refractivity contribution in [2.75, 3.05) is 0 Å². The van der Waals surface area contributed by atoms with Gasteiger partial charge in [-0.15, -0.1) is 0 Å². The fourth-order valence-corrected chi connectivity index (χ4v) is 8.75. The van der Waals surface area contributed by atoms with Crippen LogP contribution in [0, 0.1) is 17.9 Å². The minimum absolute atomic E-state index is 0.624. The van der Waals surface area contributed by atoms with Crippen LogP contribution in [0.2, 0.25) is 0 Å². The van der Waals surface area contributed by atoms with Gasteiger partial charge in [0.1, 0.15) is 0 Å². The molecule has 0 atom stereocenters. The first kappa shape index (κ1) is 30.7. The van der Waals surface area contributed by atoms with E-state index >= 15 is 0 Å². The normalized spacial score (nSPS) is 11.6. The van der Waals surface area contributed by atoms with Gasteiger partial charge >= 0.3 is 0 Å². The third-order valence-corrected chi connectivity index (χ3v) is 11.1. The minimum atomic E-state index is 0.624. The summed E-state index contributed by atoms with van der Waals surface area (Å²) in [6.45, 7) is 7.67. The van der Waals surface area contributed by atoms with Gasteiger partial charge in [0.25, 0.3) is 0 Å². The van der Waals surface area contributed by atoms with Crippen LogP contribution in [0.5, 0.6) is 0 Å². The van der Waals surface area contributed by atoms with Crippen molar-refractivity contribution in [2.24, 2.45) is 0 Å². The molecule has 0 fully saturated rings. The predicted molar refractivity (Wildman–Crippen MR) is 226 cm³/mol. The van der Waals surface area contributed by atoms with Gasteiger partial charge < -0.3 is 13.7 Å². The average Bonchev–Trinajstić information content (AvgIpc) is 3.89. The molecular formula is C50H29N5. The highest BCUT2D eigenvalue weighted by molar-refractivity contribution is 6.15. The van der Waals surface area contributed by atoms with Crippen molar-refractivity contribution in [3.05, 3.63) is 193 Å². The molecule has 3 aromatic heterocycles. The van der Waals surface area contributed by atoms with E-state index in [4.69, 9.17) is 6.57 Å². The maximum atomic E-state index is 10.5. The van der Waals surface area contributed by atoms with Gasteiger partial charge in [0.15, 0.2) is 5.69 Å². The Hall–Kier alpha value is -7.86. The van der Waals surface area contributed by atoms with E-state index in [1.54, 1.807) is 0 Å². The third-order valence-electron chi connectivity index (χ3n) is 11.1. The number of aromatic nitrogens is 3. The SMILES string of the molecule is [C-]#[N+]c1ccc2c(c1)c1ccccc1n2-c1cccc2c3ccccc3n(-c3ccc(-c4ccc(-n5c6ccccc6c6ccccc65)cc4C#N)cc3)c12. The average molecular weight is 700 g/mol. The first-order valence-corrected chi connectivity index (χ1v) is 18.3. The van der Waals surface area contributed by atoms with Crippen molar-refractivity contribution in [1.29, 1.82) is 5.26 Å².